The van der Waals surface area contributed by atoms with Crippen molar-refractivity contribution in [1.82, 2.24) is 0 Å². The molecule has 0 aliphatic carbocycles. The van der Waals surface area contributed by atoms with Gasteiger partial charge in [0.1, 0.15) is 6.61 Å². The Labute approximate surface area is 118 Å². The SMILES string of the molecule is CC(CO)Cc1ccc(OCc2ccccc2)c(F)c1. The third kappa shape index (κ3) is 4.07. The molecule has 2 nitrogen and oxygen atoms in total. The number of benzene rings is 2. The van der Waals surface area contributed by atoms with Gasteiger partial charge in [-0.1, -0.05) is 43.3 Å². The molecule has 3 heteroatoms. The molecule has 0 aliphatic rings. The average molecular weight is 274 g/mol. The number of rotatable bonds is 6. The molecule has 1 N–H and O–H groups in total. The van der Waals surface area contributed by atoms with E-state index in [1.54, 1.807) is 6.07 Å². The second-order valence-electron chi connectivity index (χ2n) is 5.03. The zero-order chi connectivity index (χ0) is 14.4. The minimum Gasteiger partial charge on any atom is -0.486 e. The molecular weight excluding hydrogens is 255 g/mol. The molecule has 0 saturated carbocycles. The van der Waals surface area contributed by atoms with Gasteiger partial charge in [0.15, 0.2) is 11.6 Å². The molecule has 0 heterocycles. The Bertz CT molecular complexity index is 540. The third-order valence-corrected chi connectivity index (χ3v) is 3.13. The van der Waals surface area contributed by atoms with Crippen molar-refractivity contribution in [3.8, 4) is 5.75 Å². The van der Waals surface area contributed by atoms with Gasteiger partial charge in [0.05, 0.1) is 0 Å². The van der Waals surface area contributed by atoms with E-state index in [4.69, 9.17) is 9.84 Å². The van der Waals surface area contributed by atoms with Crippen LogP contribution in [0.25, 0.3) is 0 Å². The molecule has 106 valence electrons. The molecule has 0 bridgehead atoms. The number of hydrogen-bond donors (Lipinski definition) is 1. The van der Waals surface area contributed by atoms with Crippen LogP contribution in [0.1, 0.15) is 18.1 Å². The Morgan fingerprint density at radius 3 is 2.50 bits per heavy atom. The first-order valence-electron chi connectivity index (χ1n) is 6.75. The summed E-state index contributed by atoms with van der Waals surface area (Å²) in [6.45, 7) is 2.38. The van der Waals surface area contributed by atoms with Crippen LogP contribution in [0.2, 0.25) is 0 Å². The van der Waals surface area contributed by atoms with Crippen LogP contribution in [0.4, 0.5) is 4.39 Å². The highest BCUT2D eigenvalue weighted by atomic mass is 19.1. The molecule has 1 unspecified atom stereocenters. The quantitative estimate of drug-likeness (QED) is 0.872. The lowest BCUT2D eigenvalue weighted by molar-refractivity contribution is 0.237. The summed E-state index contributed by atoms with van der Waals surface area (Å²) in [5.41, 5.74) is 1.88. The van der Waals surface area contributed by atoms with E-state index >= 15 is 0 Å². The smallest absolute Gasteiger partial charge is 0.165 e. The van der Waals surface area contributed by atoms with E-state index in [1.807, 2.05) is 43.3 Å². The lowest BCUT2D eigenvalue weighted by Crippen LogP contribution is -2.05. The van der Waals surface area contributed by atoms with Crippen molar-refractivity contribution in [2.24, 2.45) is 5.92 Å². The molecule has 1 atom stereocenters. The van der Waals surface area contributed by atoms with Crippen molar-refractivity contribution in [3.05, 3.63) is 65.5 Å². The lowest BCUT2D eigenvalue weighted by Gasteiger charge is -2.11. The maximum atomic E-state index is 13.9. The largest absolute Gasteiger partial charge is 0.486 e. The normalized spacial score (nSPS) is 12.2. The third-order valence-electron chi connectivity index (χ3n) is 3.13. The lowest BCUT2D eigenvalue weighted by atomic mass is 10.0. The molecule has 0 aromatic heterocycles. The maximum absolute atomic E-state index is 13.9. The van der Waals surface area contributed by atoms with Gasteiger partial charge in [0.25, 0.3) is 0 Å². The molecule has 2 aromatic rings. The van der Waals surface area contributed by atoms with E-state index in [0.29, 0.717) is 13.0 Å². The van der Waals surface area contributed by atoms with E-state index in [-0.39, 0.29) is 24.1 Å². The molecule has 0 radical (unpaired) electrons. The monoisotopic (exact) mass is 274 g/mol. The minimum absolute atomic E-state index is 0.105. The van der Waals surface area contributed by atoms with E-state index in [0.717, 1.165) is 11.1 Å². The zero-order valence-corrected chi connectivity index (χ0v) is 11.6. The fourth-order valence-corrected chi connectivity index (χ4v) is 1.99. The minimum atomic E-state index is -0.358. The zero-order valence-electron chi connectivity index (χ0n) is 11.6. The van der Waals surface area contributed by atoms with Gasteiger partial charge in [-0.25, -0.2) is 4.39 Å². The van der Waals surface area contributed by atoms with Gasteiger partial charge in [-0.15, -0.1) is 0 Å². The van der Waals surface area contributed by atoms with E-state index < -0.39 is 0 Å². The van der Waals surface area contributed by atoms with Crippen LogP contribution in [0.15, 0.2) is 48.5 Å². The summed E-state index contributed by atoms with van der Waals surface area (Å²) in [5, 5.41) is 9.01. The topological polar surface area (TPSA) is 29.5 Å². The van der Waals surface area contributed by atoms with E-state index in [1.165, 1.54) is 6.07 Å². The first-order chi connectivity index (χ1) is 9.69. The Balaban J connectivity index is 1.99. The van der Waals surface area contributed by atoms with Crippen molar-refractivity contribution in [2.45, 2.75) is 20.0 Å². The highest BCUT2D eigenvalue weighted by Crippen LogP contribution is 2.21. The van der Waals surface area contributed by atoms with Crippen molar-refractivity contribution in [3.63, 3.8) is 0 Å². The number of aliphatic hydroxyl groups excluding tert-OH is 1. The maximum Gasteiger partial charge on any atom is 0.165 e. The van der Waals surface area contributed by atoms with Crippen LogP contribution in [-0.4, -0.2) is 11.7 Å². The molecule has 0 aliphatic heterocycles. The summed E-state index contributed by atoms with van der Waals surface area (Å²) >= 11 is 0. The predicted molar refractivity (Wildman–Crippen MR) is 77.1 cm³/mol. The summed E-state index contributed by atoms with van der Waals surface area (Å²) < 4.78 is 19.4. The number of halogens is 1. The highest BCUT2D eigenvalue weighted by Gasteiger charge is 2.08. The Kier molecular flexibility index (Phi) is 5.13. The van der Waals surface area contributed by atoms with Crippen LogP contribution < -0.4 is 4.74 Å². The fraction of sp³-hybridized carbons (Fsp3) is 0.294. The number of ether oxygens (including phenoxy) is 1. The van der Waals surface area contributed by atoms with Crippen LogP contribution in [0.3, 0.4) is 0 Å². The van der Waals surface area contributed by atoms with Gasteiger partial charge in [0, 0.05) is 6.61 Å². The van der Waals surface area contributed by atoms with Crippen molar-refractivity contribution >= 4 is 0 Å². The molecule has 2 aromatic carbocycles. The van der Waals surface area contributed by atoms with Gasteiger partial charge >= 0.3 is 0 Å². The average Bonchev–Trinajstić information content (AvgIpc) is 2.47. The van der Waals surface area contributed by atoms with Crippen LogP contribution >= 0.6 is 0 Å². The van der Waals surface area contributed by atoms with Crippen LogP contribution in [-0.2, 0) is 13.0 Å². The number of hydrogen-bond acceptors (Lipinski definition) is 2. The molecular formula is C17H19FO2. The standard InChI is InChI=1S/C17H19FO2/c1-13(11-19)9-15-7-8-17(16(18)10-15)20-12-14-5-3-2-4-6-14/h2-8,10,13,19H,9,11-12H2,1H3. The van der Waals surface area contributed by atoms with Crippen molar-refractivity contribution < 1.29 is 14.2 Å². The van der Waals surface area contributed by atoms with Crippen molar-refractivity contribution in [1.29, 1.82) is 0 Å². The Morgan fingerprint density at radius 2 is 1.85 bits per heavy atom. The van der Waals surface area contributed by atoms with Gasteiger partial charge in [-0.3, -0.25) is 0 Å². The summed E-state index contributed by atoms with van der Waals surface area (Å²) in [7, 11) is 0. The molecule has 0 amide bonds. The Morgan fingerprint density at radius 1 is 1.10 bits per heavy atom. The van der Waals surface area contributed by atoms with E-state index in [2.05, 4.69) is 0 Å². The second-order valence-corrected chi connectivity index (χ2v) is 5.03. The summed E-state index contributed by atoms with van der Waals surface area (Å²) in [6, 6.07) is 14.6. The molecule has 0 spiro atoms. The van der Waals surface area contributed by atoms with Crippen LogP contribution in [0, 0.1) is 11.7 Å². The van der Waals surface area contributed by atoms with Gasteiger partial charge in [0.2, 0.25) is 0 Å². The van der Waals surface area contributed by atoms with E-state index in [9.17, 15) is 4.39 Å². The van der Waals surface area contributed by atoms with Crippen LogP contribution in [0.5, 0.6) is 5.75 Å². The first-order valence-corrected chi connectivity index (χ1v) is 6.75. The molecule has 2 rings (SSSR count). The molecule has 0 fully saturated rings. The van der Waals surface area contributed by atoms with Gasteiger partial charge < -0.3 is 9.84 Å². The summed E-state index contributed by atoms with van der Waals surface area (Å²) in [6.07, 6.45) is 0.659. The Hall–Kier alpha value is -1.87. The van der Waals surface area contributed by atoms with Crippen molar-refractivity contribution in [2.75, 3.05) is 6.61 Å². The predicted octanol–water partition coefficient (Wildman–Crippen LogP) is 3.58. The molecule has 0 saturated heterocycles. The molecule has 20 heavy (non-hydrogen) atoms. The van der Waals surface area contributed by atoms with Gasteiger partial charge in [-0.2, -0.15) is 0 Å². The highest BCUT2D eigenvalue weighted by molar-refractivity contribution is 5.30. The summed E-state index contributed by atoms with van der Waals surface area (Å²) in [4.78, 5) is 0. The second kappa shape index (κ2) is 7.06. The van der Waals surface area contributed by atoms with Gasteiger partial charge in [-0.05, 0) is 35.6 Å². The fourth-order valence-electron chi connectivity index (χ4n) is 1.99. The number of aliphatic hydroxyl groups is 1. The summed E-state index contributed by atoms with van der Waals surface area (Å²) in [5.74, 6) is 0.0308. The first kappa shape index (κ1) is 14.5.